The molecule has 0 aliphatic carbocycles. The smallest absolute Gasteiger partial charge is 0.0718 e. The Bertz CT molecular complexity index is 363. The van der Waals surface area contributed by atoms with Gasteiger partial charge in [-0.3, -0.25) is 4.90 Å². The second-order valence-corrected chi connectivity index (χ2v) is 5.85. The van der Waals surface area contributed by atoms with Gasteiger partial charge in [0.05, 0.1) is 5.60 Å². The molecule has 0 aliphatic rings. The highest BCUT2D eigenvalue weighted by atomic mass is 79.9. The molecule has 0 aromatic heterocycles. The van der Waals surface area contributed by atoms with Crippen molar-refractivity contribution < 1.29 is 5.11 Å². The predicted molar refractivity (Wildman–Crippen MR) is 74.9 cm³/mol. The quantitative estimate of drug-likeness (QED) is 0.876. The van der Waals surface area contributed by atoms with E-state index in [1.807, 2.05) is 25.2 Å². The molecule has 17 heavy (non-hydrogen) atoms. The van der Waals surface area contributed by atoms with E-state index in [0.717, 1.165) is 10.0 Å². The third kappa shape index (κ3) is 4.39. The van der Waals surface area contributed by atoms with Gasteiger partial charge in [0.1, 0.15) is 0 Å². The molecule has 0 amide bonds. The Morgan fingerprint density at radius 3 is 2.47 bits per heavy atom. The second kappa shape index (κ2) is 5.96. The van der Waals surface area contributed by atoms with E-state index in [-0.39, 0.29) is 6.04 Å². The van der Waals surface area contributed by atoms with Crippen LogP contribution in [0.2, 0.25) is 0 Å². The molecule has 0 saturated heterocycles. The van der Waals surface area contributed by atoms with Crippen molar-refractivity contribution in [2.45, 2.75) is 25.5 Å². The third-order valence-electron chi connectivity index (χ3n) is 2.66. The topological polar surface area (TPSA) is 49.5 Å². The number of halogens is 1. The highest BCUT2D eigenvalue weighted by molar-refractivity contribution is 9.10. The van der Waals surface area contributed by atoms with Gasteiger partial charge in [0, 0.05) is 23.6 Å². The van der Waals surface area contributed by atoms with Crippen LogP contribution in [0.3, 0.4) is 0 Å². The Kier molecular flexibility index (Phi) is 5.13. The lowest BCUT2D eigenvalue weighted by Crippen LogP contribution is -2.40. The number of benzene rings is 1. The molecule has 0 radical (unpaired) electrons. The summed E-state index contributed by atoms with van der Waals surface area (Å²) in [5.41, 5.74) is 6.28. The number of likely N-dealkylation sites (N-methyl/N-ethyl adjacent to an activating group) is 1. The predicted octanol–water partition coefficient (Wildman–Crippen LogP) is 2.15. The first-order chi connectivity index (χ1) is 7.85. The van der Waals surface area contributed by atoms with Gasteiger partial charge < -0.3 is 10.8 Å². The van der Waals surface area contributed by atoms with Gasteiger partial charge in [-0.25, -0.2) is 0 Å². The van der Waals surface area contributed by atoms with Gasteiger partial charge in [-0.05, 0) is 32.5 Å². The molecule has 1 rings (SSSR count). The summed E-state index contributed by atoms with van der Waals surface area (Å²) in [4.78, 5) is 2.08. The fourth-order valence-corrected chi connectivity index (χ4v) is 2.56. The monoisotopic (exact) mass is 300 g/mol. The third-order valence-corrected chi connectivity index (χ3v) is 3.38. The van der Waals surface area contributed by atoms with Crippen molar-refractivity contribution in [2.24, 2.45) is 5.73 Å². The summed E-state index contributed by atoms with van der Waals surface area (Å²) in [6.07, 6.45) is 0. The maximum absolute atomic E-state index is 9.85. The molecule has 4 heteroatoms. The molecule has 0 saturated carbocycles. The summed E-state index contributed by atoms with van der Waals surface area (Å²) >= 11 is 3.54. The van der Waals surface area contributed by atoms with Gasteiger partial charge in [-0.1, -0.05) is 34.1 Å². The SMILES string of the molecule is CN(CC(C)(C)O)C(CN)c1ccccc1Br. The zero-order chi connectivity index (χ0) is 13.1. The standard InChI is InChI=1S/C13H21BrN2O/c1-13(2,17)9-16(3)12(8-15)10-6-4-5-7-11(10)14/h4-7,12,17H,8-9,15H2,1-3H3. The fraction of sp³-hybridized carbons (Fsp3) is 0.538. The van der Waals surface area contributed by atoms with Crippen molar-refractivity contribution in [1.29, 1.82) is 0 Å². The van der Waals surface area contributed by atoms with Crippen LogP contribution in [0.15, 0.2) is 28.7 Å². The molecule has 0 spiro atoms. The molecule has 1 unspecified atom stereocenters. The molecule has 3 N–H and O–H groups in total. The maximum atomic E-state index is 9.85. The number of hydrogen-bond acceptors (Lipinski definition) is 3. The van der Waals surface area contributed by atoms with Gasteiger partial charge >= 0.3 is 0 Å². The molecule has 1 aromatic carbocycles. The highest BCUT2D eigenvalue weighted by Gasteiger charge is 2.23. The molecular formula is C13H21BrN2O. The summed E-state index contributed by atoms with van der Waals surface area (Å²) in [6.45, 7) is 4.71. The van der Waals surface area contributed by atoms with Crippen LogP contribution in [0.25, 0.3) is 0 Å². The van der Waals surface area contributed by atoms with Gasteiger partial charge in [0.25, 0.3) is 0 Å². The van der Waals surface area contributed by atoms with Crippen LogP contribution < -0.4 is 5.73 Å². The molecule has 0 bridgehead atoms. The summed E-state index contributed by atoms with van der Waals surface area (Å²) < 4.78 is 1.05. The second-order valence-electron chi connectivity index (χ2n) is 5.00. The van der Waals surface area contributed by atoms with E-state index in [0.29, 0.717) is 13.1 Å². The Hall–Kier alpha value is -0.420. The molecule has 1 aromatic rings. The Morgan fingerprint density at radius 2 is 2.00 bits per heavy atom. The molecule has 0 aliphatic heterocycles. The summed E-state index contributed by atoms with van der Waals surface area (Å²) in [5.74, 6) is 0. The van der Waals surface area contributed by atoms with Gasteiger partial charge in [-0.2, -0.15) is 0 Å². The summed E-state index contributed by atoms with van der Waals surface area (Å²) in [5, 5.41) is 9.85. The first-order valence-electron chi connectivity index (χ1n) is 5.72. The molecule has 96 valence electrons. The van der Waals surface area contributed by atoms with E-state index in [4.69, 9.17) is 5.73 Å². The van der Waals surface area contributed by atoms with Gasteiger partial charge in [-0.15, -0.1) is 0 Å². The minimum Gasteiger partial charge on any atom is -0.389 e. The lowest BCUT2D eigenvalue weighted by atomic mass is 10.0. The molecule has 0 fully saturated rings. The molecular weight excluding hydrogens is 280 g/mol. The summed E-state index contributed by atoms with van der Waals surface area (Å²) in [7, 11) is 1.98. The molecule has 0 heterocycles. The van der Waals surface area contributed by atoms with Gasteiger partial charge in [0.2, 0.25) is 0 Å². The van der Waals surface area contributed by atoms with Crippen molar-refractivity contribution in [3.63, 3.8) is 0 Å². The first kappa shape index (κ1) is 14.6. The number of nitrogens with two attached hydrogens (primary N) is 1. The van der Waals surface area contributed by atoms with Crippen LogP contribution in [-0.4, -0.2) is 35.7 Å². The highest BCUT2D eigenvalue weighted by Crippen LogP contribution is 2.27. The van der Waals surface area contributed by atoms with E-state index in [9.17, 15) is 5.11 Å². The van der Waals surface area contributed by atoms with Crippen molar-refractivity contribution in [3.8, 4) is 0 Å². The van der Waals surface area contributed by atoms with Crippen molar-refractivity contribution in [3.05, 3.63) is 34.3 Å². The zero-order valence-electron chi connectivity index (χ0n) is 10.7. The average molecular weight is 301 g/mol. The minimum absolute atomic E-state index is 0.108. The largest absolute Gasteiger partial charge is 0.389 e. The minimum atomic E-state index is -0.719. The number of hydrogen-bond donors (Lipinski definition) is 2. The normalized spacial score (nSPS) is 14.1. The average Bonchev–Trinajstić information content (AvgIpc) is 2.19. The van der Waals surface area contributed by atoms with Crippen LogP contribution in [0.4, 0.5) is 0 Å². The van der Waals surface area contributed by atoms with Crippen LogP contribution in [0, 0.1) is 0 Å². The van der Waals surface area contributed by atoms with E-state index < -0.39 is 5.60 Å². The summed E-state index contributed by atoms with van der Waals surface area (Å²) in [6, 6.07) is 8.16. The Labute approximate surface area is 112 Å². The number of aliphatic hydroxyl groups is 1. The van der Waals surface area contributed by atoms with E-state index in [2.05, 4.69) is 26.9 Å². The Balaban J connectivity index is 2.89. The van der Waals surface area contributed by atoms with Crippen LogP contribution in [-0.2, 0) is 0 Å². The molecule has 3 nitrogen and oxygen atoms in total. The van der Waals surface area contributed by atoms with Crippen LogP contribution in [0.5, 0.6) is 0 Å². The number of rotatable bonds is 5. The van der Waals surface area contributed by atoms with E-state index in [1.54, 1.807) is 13.8 Å². The maximum Gasteiger partial charge on any atom is 0.0718 e. The van der Waals surface area contributed by atoms with Crippen molar-refractivity contribution >= 4 is 15.9 Å². The van der Waals surface area contributed by atoms with Crippen LogP contribution in [0.1, 0.15) is 25.5 Å². The lowest BCUT2D eigenvalue weighted by Gasteiger charge is -2.32. The van der Waals surface area contributed by atoms with Crippen molar-refractivity contribution in [1.82, 2.24) is 4.90 Å². The number of nitrogens with zero attached hydrogens (tertiary/aromatic N) is 1. The Morgan fingerprint density at radius 1 is 1.41 bits per heavy atom. The fourth-order valence-electron chi connectivity index (χ4n) is 2.01. The van der Waals surface area contributed by atoms with Gasteiger partial charge in [0.15, 0.2) is 0 Å². The van der Waals surface area contributed by atoms with E-state index in [1.165, 1.54) is 0 Å². The van der Waals surface area contributed by atoms with Crippen LogP contribution >= 0.6 is 15.9 Å². The van der Waals surface area contributed by atoms with Crippen molar-refractivity contribution in [2.75, 3.05) is 20.1 Å². The zero-order valence-corrected chi connectivity index (χ0v) is 12.2. The lowest BCUT2D eigenvalue weighted by molar-refractivity contribution is 0.0320. The van der Waals surface area contributed by atoms with E-state index >= 15 is 0 Å². The molecule has 1 atom stereocenters. The first-order valence-corrected chi connectivity index (χ1v) is 6.51.